The van der Waals surface area contributed by atoms with E-state index in [4.69, 9.17) is 0 Å². The number of hydrogen-bond acceptors (Lipinski definition) is 5. The molecule has 1 fully saturated rings. The lowest BCUT2D eigenvalue weighted by Crippen LogP contribution is -2.39. The van der Waals surface area contributed by atoms with Crippen LogP contribution in [0.3, 0.4) is 0 Å². The van der Waals surface area contributed by atoms with E-state index in [1.54, 1.807) is 36.4 Å². The minimum atomic E-state index is -0.866. The number of carbonyl (C=O) groups is 2. The lowest BCUT2D eigenvalue weighted by molar-refractivity contribution is -0.123. The SMILES string of the molecule is CCCC1=C([C@H](O)CC/C(=C/c2ccc(O)cc2)c2ccccc2)[C@H](CO)[C@@H]2C(=O)N(c3ccccc3)C(=O)[C@@H]2C1. The van der Waals surface area contributed by atoms with Crippen LogP contribution in [0.1, 0.15) is 50.2 Å². The highest BCUT2D eigenvalue weighted by Gasteiger charge is 2.55. The Bertz CT molecular complexity index is 1430. The summed E-state index contributed by atoms with van der Waals surface area (Å²) in [7, 11) is 0. The predicted molar refractivity (Wildman–Crippen MR) is 161 cm³/mol. The van der Waals surface area contributed by atoms with Crippen LogP contribution in [0.5, 0.6) is 5.75 Å². The number of imide groups is 1. The molecule has 3 aromatic rings. The number of aliphatic hydroxyl groups is 2. The normalized spacial score (nSPS) is 21.8. The van der Waals surface area contributed by atoms with Crippen molar-refractivity contribution in [1.82, 2.24) is 0 Å². The molecule has 2 amide bonds. The molecule has 1 aliphatic heterocycles. The van der Waals surface area contributed by atoms with Crippen molar-refractivity contribution in [3.8, 4) is 5.75 Å². The molecule has 2 aliphatic rings. The van der Waals surface area contributed by atoms with Crippen LogP contribution >= 0.6 is 0 Å². The zero-order valence-corrected chi connectivity index (χ0v) is 23.3. The Balaban J connectivity index is 1.44. The van der Waals surface area contributed by atoms with Gasteiger partial charge >= 0.3 is 0 Å². The van der Waals surface area contributed by atoms with E-state index in [1.165, 1.54) is 4.90 Å². The smallest absolute Gasteiger partial charge is 0.238 e. The van der Waals surface area contributed by atoms with E-state index >= 15 is 0 Å². The van der Waals surface area contributed by atoms with Crippen LogP contribution in [0.4, 0.5) is 5.69 Å². The summed E-state index contributed by atoms with van der Waals surface area (Å²) in [4.78, 5) is 28.5. The quantitative estimate of drug-likeness (QED) is 0.163. The number of aliphatic hydroxyl groups excluding tert-OH is 2. The first kappa shape index (κ1) is 28.5. The maximum Gasteiger partial charge on any atom is 0.238 e. The lowest BCUT2D eigenvalue weighted by Gasteiger charge is -2.36. The monoisotopic (exact) mass is 551 g/mol. The minimum absolute atomic E-state index is 0.200. The average molecular weight is 552 g/mol. The molecule has 4 atom stereocenters. The van der Waals surface area contributed by atoms with E-state index in [2.05, 4.69) is 13.0 Å². The van der Waals surface area contributed by atoms with Gasteiger partial charge in [0.05, 0.1) is 30.2 Å². The number of nitrogens with zero attached hydrogens (tertiary/aromatic N) is 1. The third-order valence-electron chi connectivity index (χ3n) is 8.37. The van der Waals surface area contributed by atoms with Crippen molar-refractivity contribution in [2.75, 3.05) is 11.5 Å². The number of aromatic hydroxyl groups is 1. The molecule has 6 heteroatoms. The third-order valence-corrected chi connectivity index (χ3v) is 8.37. The minimum Gasteiger partial charge on any atom is -0.508 e. The fraction of sp³-hybridized carbons (Fsp3) is 0.314. The number of phenolic OH excluding ortho intramolecular Hbond substituents is 1. The van der Waals surface area contributed by atoms with Crippen molar-refractivity contribution in [2.24, 2.45) is 17.8 Å². The van der Waals surface area contributed by atoms with Crippen molar-refractivity contribution in [1.29, 1.82) is 0 Å². The molecule has 41 heavy (non-hydrogen) atoms. The third kappa shape index (κ3) is 5.90. The van der Waals surface area contributed by atoms with Crippen LogP contribution in [-0.4, -0.2) is 39.8 Å². The zero-order valence-electron chi connectivity index (χ0n) is 23.3. The second-order valence-electron chi connectivity index (χ2n) is 11.0. The molecular weight excluding hydrogens is 514 g/mol. The van der Waals surface area contributed by atoms with E-state index in [0.29, 0.717) is 31.4 Å². The van der Waals surface area contributed by atoms with Crippen LogP contribution in [0, 0.1) is 17.8 Å². The number of allylic oxidation sites excluding steroid dienone is 2. The fourth-order valence-electron chi connectivity index (χ4n) is 6.50. The van der Waals surface area contributed by atoms with Crippen LogP contribution in [0.15, 0.2) is 96.1 Å². The Morgan fingerprint density at radius 1 is 0.951 bits per heavy atom. The lowest BCUT2D eigenvalue weighted by atomic mass is 9.67. The second kappa shape index (κ2) is 12.7. The molecule has 0 aromatic heterocycles. The molecule has 0 bridgehead atoms. The van der Waals surface area contributed by atoms with E-state index < -0.39 is 23.9 Å². The fourth-order valence-corrected chi connectivity index (χ4v) is 6.50. The van der Waals surface area contributed by atoms with Gasteiger partial charge in [-0.25, -0.2) is 0 Å². The molecule has 3 aromatic carbocycles. The first-order chi connectivity index (χ1) is 19.9. The topological polar surface area (TPSA) is 98.1 Å². The standard InChI is InChI=1S/C35H37NO5/c1-2-9-26-21-29-33(35(41)36(34(29)40)27-12-7-4-8-13-27)30(22-37)32(26)31(39)19-16-25(24-10-5-3-6-11-24)20-23-14-17-28(38)18-15-23/h3-8,10-15,17-18,20,29-31,33,37-39H,2,9,16,19,21-22H2,1H3/b25-20-/t29-,30+,31-,33-/m1/s1. The van der Waals surface area contributed by atoms with Crippen LogP contribution in [0.2, 0.25) is 0 Å². The molecule has 212 valence electrons. The molecule has 0 unspecified atom stereocenters. The molecule has 1 saturated heterocycles. The van der Waals surface area contributed by atoms with Crippen molar-refractivity contribution < 1.29 is 24.9 Å². The summed E-state index contributed by atoms with van der Waals surface area (Å²) in [6, 6.07) is 25.9. The van der Waals surface area contributed by atoms with Crippen LogP contribution in [0.25, 0.3) is 11.6 Å². The Morgan fingerprint density at radius 3 is 2.24 bits per heavy atom. The number of fused-ring (bicyclic) bond motifs is 1. The molecular formula is C35H37NO5. The largest absolute Gasteiger partial charge is 0.508 e. The highest BCUT2D eigenvalue weighted by atomic mass is 16.3. The van der Waals surface area contributed by atoms with Crippen LogP contribution < -0.4 is 4.90 Å². The summed E-state index contributed by atoms with van der Waals surface area (Å²) in [5.41, 5.74) is 5.26. The molecule has 0 saturated carbocycles. The van der Waals surface area contributed by atoms with E-state index in [9.17, 15) is 24.9 Å². The summed E-state index contributed by atoms with van der Waals surface area (Å²) >= 11 is 0. The van der Waals surface area contributed by atoms with Crippen LogP contribution in [-0.2, 0) is 9.59 Å². The number of phenols is 1. The van der Waals surface area contributed by atoms with Gasteiger partial charge in [0.1, 0.15) is 5.75 Å². The maximum atomic E-state index is 13.7. The molecule has 1 aliphatic carbocycles. The number of para-hydroxylation sites is 1. The molecule has 0 radical (unpaired) electrons. The van der Waals surface area contributed by atoms with Gasteiger partial charge in [0.15, 0.2) is 0 Å². The first-order valence-electron chi connectivity index (χ1n) is 14.4. The van der Waals surface area contributed by atoms with Gasteiger partial charge < -0.3 is 15.3 Å². The van der Waals surface area contributed by atoms with Gasteiger partial charge in [0, 0.05) is 5.92 Å². The van der Waals surface area contributed by atoms with E-state index in [-0.39, 0.29) is 24.2 Å². The number of anilines is 1. The maximum absolute atomic E-state index is 13.7. The van der Waals surface area contributed by atoms with Gasteiger partial charge in [-0.3, -0.25) is 14.5 Å². The Labute approximate surface area is 241 Å². The Morgan fingerprint density at radius 2 is 1.61 bits per heavy atom. The Hall–Kier alpha value is -4.00. The van der Waals surface area contributed by atoms with Crippen molar-refractivity contribution in [3.05, 3.63) is 107 Å². The number of carbonyl (C=O) groups excluding carboxylic acids is 2. The molecule has 6 nitrogen and oxygen atoms in total. The Kier molecular flexibility index (Phi) is 8.81. The van der Waals surface area contributed by atoms with E-state index in [1.807, 2.05) is 48.5 Å². The number of hydrogen-bond donors (Lipinski definition) is 3. The van der Waals surface area contributed by atoms with Crippen molar-refractivity contribution >= 4 is 29.2 Å². The first-order valence-corrected chi connectivity index (χ1v) is 14.4. The number of rotatable bonds is 10. The molecule has 3 N–H and O–H groups in total. The highest BCUT2D eigenvalue weighted by Crippen LogP contribution is 2.48. The predicted octanol–water partition coefficient (Wildman–Crippen LogP) is 5.99. The van der Waals surface area contributed by atoms with Gasteiger partial charge in [0.2, 0.25) is 11.8 Å². The van der Waals surface area contributed by atoms with Gasteiger partial charge in [-0.1, -0.05) is 85.7 Å². The molecule has 0 spiro atoms. The number of amides is 2. The zero-order chi connectivity index (χ0) is 28.9. The molecule has 1 heterocycles. The summed E-state index contributed by atoms with van der Waals surface area (Å²) in [5.74, 6) is -2.18. The van der Waals surface area contributed by atoms with Gasteiger partial charge in [-0.05, 0) is 72.2 Å². The summed E-state index contributed by atoms with van der Waals surface area (Å²) < 4.78 is 0. The second-order valence-corrected chi connectivity index (χ2v) is 11.0. The molecule has 5 rings (SSSR count). The highest BCUT2D eigenvalue weighted by molar-refractivity contribution is 6.22. The van der Waals surface area contributed by atoms with E-state index in [0.717, 1.165) is 34.3 Å². The summed E-state index contributed by atoms with van der Waals surface area (Å²) in [6.07, 6.45) is 4.11. The number of benzene rings is 3. The van der Waals surface area contributed by atoms with Crippen molar-refractivity contribution in [3.63, 3.8) is 0 Å². The average Bonchev–Trinajstić information content (AvgIpc) is 3.25. The summed E-state index contributed by atoms with van der Waals surface area (Å²) in [6.45, 7) is 1.75. The summed E-state index contributed by atoms with van der Waals surface area (Å²) in [5, 5.41) is 32.0. The van der Waals surface area contributed by atoms with Gasteiger partial charge in [-0.15, -0.1) is 0 Å². The van der Waals surface area contributed by atoms with Crippen molar-refractivity contribution in [2.45, 2.75) is 45.1 Å². The van der Waals surface area contributed by atoms with Gasteiger partial charge in [-0.2, -0.15) is 0 Å². The van der Waals surface area contributed by atoms with Gasteiger partial charge in [0.25, 0.3) is 0 Å².